The zero-order valence-corrected chi connectivity index (χ0v) is 27.4. The second kappa shape index (κ2) is 34.2. The first kappa shape index (κ1) is 37.0. The molecular weight excluding hydrogens is 470 g/mol. The lowest BCUT2D eigenvalue weighted by atomic mass is 10.0. The van der Waals surface area contributed by atoms with Crippen LogP contribution in [0.1, 0.15) is 231 Å². The molecule has 0 aliphatic carbocycles. The molecule has 0 unspecified atom stereocenters. The Bertz CT molecular complexity index is 213. The van der Waals surface area contributed by atoms with E-state index in [2.05, 4.69) is 5.32 Å². The number of hydrogen-bond donors (Lipinski definition) is 1. The van der Waals surface area contributed by atoms with Gasteiger partial charge in [0.05, 0.1) is 0 Å². The molecule has 1 heterocycles. The summed E-state index contributed by atoms with van der Waals surface area (Å²) < 4.78 is 0. The lowest BCUT2D eigenvalue weighted by Gasteiger charge is -2.06. The average molecular weight is 548 g/mol. The Morgan fingerprint density at radius 2 is 0.231 bits per heavy atom. The summed E-state index contributed by atoms with van der Waals surface area (Å²) in [6.07, 6.45) is 53.3. The molecule has 234 valence electrons. The van der Waals surface area contributed by atoms with Crippen LogP contribution in [0.15, 0.2) is 0 Å². The van der Waals surface area contributed by atoms with Gasteiger partial charge in [0, 0.05) is 0 Å². The first-order chi connectivity index (χ1) is 19.5. The van der Waals surface area contributed by atoms with Gasteiger partial charge in [0.1, 0.15) is 0 Å². The van der Waals surface area contributed by atoms with Gasteiger partial charge in [-0.2, -0.15) is 0 Å². The molecule has 0 atom stereocenters. The summed E-state index contributed by atoms with van der Waals surface area (Å²) in [5.41, 5.74) is 0. The minimum Gasteiger partial charge on any atom is -0.317 e. The Balaban J connectivity index is 2.00. The fraction of sp³-hybridized carbons (Fsp3) is 1.00. The van der Waals surface area contributed by atoms with Crippen molar-refractivity contribution < 1.29 is 0 Å². The van der Waals surface area contributed by atoms with Crippen LogP contribution in [0.25, 0.3) is 0 Å². The fourth-order valence-corrected chi connectivity index (χ4v) is 6.64. The Labute approximate surface area is 249 Å². The molecule has 0 saturated carbocycles. The molecule has 39 heavy (non-hydrogen) atoms. The van der Waals surface area contributed by atoms with Crippen LogP contribution in [0.4, 0.5) is 0 Å². The number of rotatable bonds is 0. The highest BCUT2D eigenvalue weighted by Gasteiger charge is 1.98. The van der Waals surface area contributed by atoms with Gasteiger partial charge in [0.2, 0.25) is 0 Å². The van der Waals surface area contributed by atoms with Gasteiger partial charge >= 0.3 is 0 Å². The van der Waals surface area contributed by atoms with Crippen LogP contribution >= 0.6 is 0 Å². The van der Waals surface area contributed by atoms with Crippen LogP contribution in [0.2, 0.25) is 0 Å². The van der Waals surface area contributed by atoms with Crippen molar-refractivity contribution in [3.63, 3.8) is 0 Å². The van der Waals surface area contributed by atoms with Crippen molar-refractivity contribution in [1.82, 2.24) is 5.32 Å². The first-order valence-corrected chi connectivity index (χ1v) is 19.2. The standard InChI is InChI=1S/C38H77N/c1-2-4-6-8-10-12-14-16-18-20-22-24-26-28-30-32-34-36-38-39-37-35-33-31-29-27-25-23-21-19-17-15-13-11-9-7-5-3-1/h39H,1-38H2. The van der Waals surface area contributed by atoms with Crippen molar-refractivity contribution in [3.05, 3.63) is 0 Å². The van der Waals surface area contributed by atoms with Gasteiger partial charge in [-0.3, -0.25) is 0 Å². The molecule has 1 saturated heterocycles. The van der Waals surface area contributed by atoms with Crippen LogP contribution < -0.4 is 5.32 Å². The topological polar surface area (TPSA) is 12.0 Å². The predicted molar refractivity (Wildman–Crippen MR) is 179 cm³/mol. The molecule has 1 N–H and O–H groups in total. The molecule has 1 heteroatoms. The SMILES string of the molecule is C1CCCCCCCCCCCCCCCCCCCNCCCCCCCCCCCCCCCCCC1. The predicted octanol–water partition coefficient (Wildman–Crippen LogP) is 13.6. The largest absolute Gasteiger partial charge is 0.317 e. The molecule has 0 aromatic carbocycles. The van der Waals surface area contributed by atoms with Crippen molar-refractivity contribution in [2.75, 3.05) is 13.1 Å². The third kappa shape index (κ3) is 32.3. The molecule has 0 amide bonds. The number of hydrogen-bond acceptors (Lipinski definition) is 1. The van der Waals surface area contributed by atoms with E-state index in [1.54, 1.807) is 0 Å². The van der Waals surface area contributed by atoms with Gasteiger partial charge in [-0.15, -0.1) is 0 Å². The Morgan fingerprint density at radius 1 is 0.128 bits per heavy atom. The van der Waals surface area contributed by atoms with Crippen LogP contribution in [0, 0.1) is 0 Å². The fourth-order valence-electron chi connectivity index (χ4n) is 6.64. The molecule has 1 aliphatic rings. The summed E-state index contributed by atoms with van der Waals surface area (Å²) in [7, 11) is 0. The Morgan fingerprint density at radius 3 is 0.359 bits per heavy atom. The third-order valence-corrected chi connectivity index (χ3v) is 9.46. The molecule has 0 bridgehead atoms. The van der Waals surface area contributed by atoms with Gasteiger partial charge in [0.25, 0.3) is 0 Å². The third-order valence-electron chi connectivity index (χ3n) is 9.46. The van der Waals surface area contributed by atoms with E-state index in [1.807, 2.05) is 0 Å². The van der Waals surface area contributed by atoms with Gasteiger partial charge < -0.3 is 5.32 Å². The van der Waals surface area contributed by atoms with E-state index in [1.165, 1.54) is 244 Å². The summed E-state index contributed by atoms with van der Waals surface area (Å²) in [5.74, 6) is 0. The van der Waals surface area contributed by atoms with Crippen molar-refractivity contribution in [2.24, 2.45) is 0 Å². The van der Waals surface area contributed by atoms with Crippen LogP contribution in [0.5, 0.6) is 0 Å². The highest BCUT2D eigenvalue weighted by Crippen LogP contribution is 2.17. The summed E-state index contributed by atoms with van der Waals surface area (Å²) in [5, 5.41) is 3.69. The molecule has 1 aliphatic heterocycles. The van der Waals surface area contributed by atoms with E-state index in [-0.39, 0.29) is 0 Å². The van der Waals surface area contributed by atoms with Crippen molar-refractivity contribution >= 4 is 0 Å². The second-order valence-corrected chi connectivity index (χ2v) is 13.5. The monoisotopic (exact) mass is 548 g/mol. The zero-order valence-electron chi connectivity index (χ0n) is 27.4. The quantitative estimate of drug-likeness (QED) is 0.318. The highest BCUT2D eigenvalue weighted by molar-refractivity contribution is 4.55. The maximum Gasteiger partial charge on any atom is -0.00489 e. The van der Waals surface area contributed by atoms with Gasteiger partial charge in [-0.05, 0) is 25.9 Å². The van der Waals surface area contributed by atoms with E-state index in [0.717, 1.165) is 0 Å². The van der Waals surface area contributed by atoms with E-state index in [9.17, 15) is 0 Å². The van der Waals surface area contributed by atoms with E-state index in [4.69, 9.17) is 0 Å². The zero-order chi connectivity index (χ0) is 27.6. The Kier molecular flexibility index (Phi) is 32.4. The summed E-state index contributed by atoms with van der Waals surface area (Å²) in [6, 6.07) is 0. The lowest BCUT2D eigenvalue weighted by Crippen LogP contribution is -2.16. The maximum atomic E-state index is 3.69. The van der Waals surface area contributed by atoms with Crippen molar-refractivity contribution in [3.8, 4) is 0 Å². The minimum atomic E-state index is 1.25. The van der Waals surface area contributed by atoms with Crippen LogP contribution in [-0.4, -0.2) is 13.1 Å². The van der Waals surface area contributed by atoms with E-state index in [0.29, 0.717) is 0 Å². The molecular formula is C38H77N. The van der Waals surface area contributed by atoms with E-state index >= 15 is 0 Å². The minimum absolute atomic E-state index is 1.25. The molecule has 0 aromatic rings. The van der Waals surface area contributed by atoms with E-state index < -0.39 is 0 Å². The molecule has 1 fully saturated rings. The highest BCUT2D eigenvalue weighted by atomic mass is 14.8. The normalized spacial score (nSPS) is 24.0. The van der Waals surface area contributed by atoms with Gasteiger partial charge in [-0.25, -0.2) is 0 Å². The number of nitrogens with one attached hydrogen (secondary N) is 1. The molecule has 1 rings (SSSR count). The van der Waals surface area contributed by atoms with Crippen LogP contribution in [0.3, 0.4) is 0 Å². The van der Waals surface area contributed by atoms with Gasteiger partial charge in [0.15, 0.2) is 0 Å². The van der Waals surface area contributed by atoms with Gasteiger partial charge in [-0.1, -0.05) is 218 Å². The van der Waals surface area contributed by atoms with Crippen LogP contribution in [-0.2, 0) is 0 Å². The Hall–Kier alpha value is -0.0400. The first-order valence-electron chi connectivity index (χ1n) is 19.2. The van der Waals surface area contributed by atoms with Crippen molar-refractivity contribution in [2.45, 2.75) is 231 Å². The lowest BCUT2D eigenvalue weighted by molar-refractivity contribution is 0.511. The summed E-state index contributed by atoms with van der Waals surface area (Å²) in [4.78, 5) is 0. The molecule has 0 aromatic heterocycles. The molecule has 1 nitrogen and oxygen atoms in total. The smallest absolute Gasteiger partial charge is 0.00489 e. The van der Waals surface area contributed by atoms with Crippen molar-refractivity contribution in [1.29, 1.82) is 0 Å². The average Bonchev–Trinajstić information content (AvgIpc) is 2.95. The molecule has 0 spiro atoms. The summed E-state index contributed by atoms with van der Waals surface area (Å²) >= 11 is 0. The molecule has 0 radical (unpaired) electrons. The second-order valence-electron chi connectivity index (χ2n) is 13.5. The summed E-state index contributed by atoms with van der Waals surface area (Å²) in [6.45, 7) is 2.50. The maximum absolute atomic E-state index is 3.69.